The lowest BCUT2D eigenvalue weighted by atomic mass is 10.0. The monoisotopic (exact) mass is 366 g/mol. The summed E-state index contributed by atoms with van der Waals surface area (Å²) in [5.74, 6) is 0.821. The topological polar surface area (TPSA) is 58.6 Å². The van der Waals surface area contributed by atoms with Crippen LogP contribution in [0.15, 0.2) is 48.5 Å². The van der Waals surface area contributed by atoms with Gasteiger partial charge in [-0.25, -0.2) is 0 Å². The predicted molar refractivity (Wildman–Crippen MR) is 106 cm³/mol. The molecular weight excluding hydrogens is 340 g/mol. The number of carbonyl (C=O) groups is 2. The van der Waals surface area contributed by atoms with E-state index in [1.807, 2.05) is 43.3 Å². The standard InChI is InChI=1S/C22H26N2O3/c1-16-8-9-20-19(14-16)24(12-13-27-20)22(26)11-10-21(25)23-15-17(2)18-6-4-3-5-7-18/h3-9,14,17H,10-13,15H2,1-2H3,(H,23,25)/t17-/m0/s1. The summed E-state index contributed by atoms with van der Waals surface area (Å²) in [5.41, 5.74) is 3.06. The van der Waals surface area contributed by atoms with Crippen molar-refractivity contribution in [1.29, 1.82) is 0 Å². The molecule has 1 atom stereocenters. The Morgan fingerprint density at radius 1 is 1.15 bits per heavy atom. The van der Waals surface area contributed by atoms with Crippen LogP contribution in [0.25, 0.3) is 0 Å². The molecule has 2 amide bonds. The second kappa shape index (κ2) is 8.71. The zero-order chi connectivity index (χ0) is 19.2. The molecule has 1 heterocycles. The van der Waals surface area contributed by atoms with Gasteiger partial charge in [0.25, 0.3) is 0 Å². The van der Waals surface area contributed by atoms with Crippen LogP contribution < -0.4 is 15.0 Å². The molecule has 5 nitrogen and oxygen atoms in total. The Kier molecular flexibility index (Phi) is 6.12. The molecule has 2 aromatic rings. The fourth-order valence-electron chi connectivity index (χ4n) is 3.20. The van der Waals surface area contributed by atoms with E-state index in [0.717, 1.165) is 17.0 Å². The third-order valence-corrected chi connectivity index (χ3v) is 4.82. The summed E-state index contributed by atoms with van der Waals surface area (Å²) in [5, 5.41) is 2.93. The second-order valence-corrected chi connectivity index (χ2v) is 6.98. The maximum Gasteiger partial charge on any atom is 0.227 e. The molecule has 1 aliphatic heterocycles. The summed E-state index contributed by atoms with van der Waals surface area (Å²) in [6, 6.07) is 15.9. The Labute approximate surface area is 160 Å². The van der Waals surface area contributed by atoms with Crippen molar-refractivity contribution in [2.45, 2.75) is 32.6 Å². The molecule has 0 aromatic heterocycles. The molecule has 3 rings (SSSR count). The minimum absolute atomic E-state index is 0.0450. The molecule has 1 N–H and O–H groups in total. The maximum absolute atomic E-state index is 12.6. The minimum Gasteiger partial charge on any atom is -0.490 e. The van der Waals surface area contributed by atoms with Gasteiger partial charge in [0.2, 0.25) is 11.8 Å². The largest absolute Gasteiger partial charge is 0.490 e. The normalized spacial score (nSPS) is 14.1. The minimum atomic E-state index is -0.0937. The van der Waals surface area contributed by atoms with Gasteiger partial charge in [-0.05, 0) is 36.1 Å². The first-order chi connectivity index (χ1) is 13.0. The summed E-state index contributed by atoms with van der Waals surface area (Å²) in [7, 11) is 0. The molecule has 0 aliphatic carbocycles. The first kappa shape index (κ1) is 19.0. The molecular formula is C22H26N2O3. The zero-order valence-electron chi connectivity index (χ0n) is 15.9. The number of anilines is 1. The van der Waals surface area contributed by atoms with Crippen molar-refractivity contribution in [3.8, 4) is 5.75 Å². The Balaban J connectivity index is 1.50. The molecule has 27 heavy (non-hydrogen) atoms. The van der Waals surface area contributed by atoms with Crippen LogP contribution in [0.4, 0.5) is 5.69 Å². The van der Waals surface area contributed by atoms with Crippen LogP contribution >= 0.6 is 0 Å². The van der Waals surface area contributed by atoms with Crippen molar-refractivity contribution in [2.24, 2.45) is 0 Å². The number of benzene rings is 2. The Bertz CT molecular complexity index is 804. The number of ether oxygens (including phenoxy) is 1. The molecule has 1 aliphatic rings. The van der Waals surface area contributed by atoms with Crippen molar-refractivity contribution >= 4 is 17.5 Å². The van der Waals surface area contributed by atoms with Crippen LogP contribution in [-0.4, -0.2) is 31.5 Å². The summed E-state index contributed by atoms with van der Waals surface area (Å²) < 4.78 is 5.62. The van der Waals surface area contributed by atoms with Crippen LogP contribution in [0.3, 0.4) is 0 Å². The van der Waals surface area contributed by atoms with Crippen LogP contribution in [-0.2, 0) is 9.59 Å². The van der Waals surface area contributed by atoms with Crippen molar-refractivity contribution in [3.63, 3.8) is 0 Å². The first-order valence-corrected chi connectivity index (χ1v) is 9.40. The fourth-order valence-corrected chi connectivity index (χ4v) is 3.20. The zero-order valence-corrected chi connectivity index (χ0v) is 15.9. The molecule has 0 bridgehead atoms. The fraction of sp³-hybridized carbons (Fsp3) is 0.364. The van der Waals surface area contributed by atoms with Crippen molar-refractivity contribution in [2.75, 3.05) is 24.6 Å². The molecule has 5 heteroatoms. The van der Waals surface area contributed by atoms with E-state index in [2.05, 4.69) is 24.4 Å². The number of nitrogens with zero attached hydrogens (tertiary/aromatic N) is 1. The highest BCUT2D eigenvalue weighted by Crippen LogP contribution is 2.32. The van der Waals surface area contributed by atoms with E-state index in [1.54, 1.807) is 4.90 Å². The third-order valence-electron chi connectivity index (χ3n) is 4.82. The Morgan fingerprint density at radius 2 is 1.93 bits per heavy atom. The molecule has 0 saturated heterocycles. The lowest BCUT2D eigenvalue weighted by molar-refractivity contribution is -0.125. The second-order valence-electron chi connectivity index (χ2n) is 6.98. The quantitative estimate of drug-likeness (QED) is 0.852. The van der Waals surface area contributed by atoms with Gasteiger partial charge in [0.15, 0.2) is 0 Å². The third kappa shape index (κ3) is 4.88. The number of nitrogens with one attached hydrogen (secondary N) is 1. The van der Waals surface area contributed by atoms with Crippen LogP contribution in [0, 0.1) is 6.92 Å². The van der Waals surface area contributed by atoms with E-state index in [1.165, 1.54) is 5.56 Å². The number of hydrogen-bond donors (Lipinski definition) is 1. The average Bonchev–Trinajstić information content (AvgIpc) is 2.70. The van der Waals surface area contributed by atoms with Crippen molar-refractivity contribution < 1.29 is 14.3 Å². The molecule has 0 radical (unpaired) electrons. The summed E-state index contributed by atoms with van der Waals surface area (Å²) >= 11 is 0. The molecule has 0 saturated carbocycles. The smallest absolute Gasteiger partial charge is 0.227 e. The summed E-state index contributed by atoms with van der Waals surface area (Å²) in [6.45, 7) is 5.62. The molecule has 2 aromatic carbocycles. The summed E-state index contributed by atoms with van der Waals surface area (Å²) in [6.07, 6.45) is 0.387. The van der Waals surface area contributed by atoms with Gasteiger partial charge in [0.05, 0.1) is 12.2 Å². The molecule has 142 valence electrons. The van der Waals surface area contributed by atoms with Gasteiger partial charge in [-0.2, -0.15) is 0 Å². The predicted octanol–water partition coefficient (Wildman–Crippen LogP) is 3.42. The van der Waals surface area contributed by atoms with Gasteiger partial charge >= 0.3 is 0 Å². The average molecular weight is 366 g/mol. The lowest BCUT2D eigenvalue weighted by Crippen LogP contribution is -2.38. The Morgan fingerprint density at radius 3 is 2.70 bits per heavy atom. The van der Waals surface area contributed by atoms with E-state index in [-0.39, 0.29) is 30.6 Å². The number of amides is 2. The van der Waals surface area contributed by atoms with E-state index in [0.29, 0.717) is 19.7 Å². The number of aryl methyl sites for hydroxylation is 1. The first-order valence-electron chi connectivity index (χ1n) is 9.40. The van der Waals surface area contributed by atoms with Crippen LogP contribution in [0.5, 0.6) is 5.75 Å². The highest BCUT2D eigenvalue weighted by Gasteiger charge is 2.24. The molecule has 0 spiro atoms. The van der Waals surface area contributed by atoms with E-state index in [4.69, 9.17) is 4.74 Å². The van der Waals surface area contributed by atoms with Gasteiger partial charge < -0.3 is 15.0 Å². The maximum atomic E-state index is 12.6. The SMILES string of the molecule is Cc1ccc2c(c1)N(C(=O)CCC(=O)NC[C@H](C)c1ccccc1)CCO2. The number of hydrogen-bond acceptors (Lipinski definition) is 3. The van der Waals surface area contributed by atoms with E-state index >= 15 is 0 Å². The van der Waals surface area contributed by atoms with E-state index in [9.17, 15) is 9.59 Å². The Hall–Kier alpha value is -2.82. The summed E-state index contributed by atoms with van der Waals surface area (Å²) in [4.78, 5) is 26.5. The number of rotatable bonds is 6. The lowest BCUT2D eigenvalue weighted by Gasteiger charge is -2.30. The molecule has 0 fully saturated rings. The number of fused-ring (bicyclic) bond motifs is 1. The highest BCUT2D eigenvalue weighted by atomic mass is 16.5. The van der Waals surface area contributed by atoms with Crippen LogP contribution in [0.1, 0.15) is 36.8 Å². The van der Waals surface area contributed by atoms with Gasteiger partial charge in [-0.15, -0.1) is 0 Å². The van der Waals surface area contributed by atoms with Gasteiger partial charge in [-0.1, -0.05) is 43.3 Å². The van der Waals surface area contributed by atoms with Crippen molar-refractivity contribution in [3.05, 3.63) is 59.7 Å². The van der Waals surface area contributed by atoms with Crippen LogP contribution in [0.2, 0.25) is 0 Å². The highest BCUT2D eigenvalue weighted by molar-refractivity contribution is 5.97. The molecule has 0 unspecified atom stereocenters. The van der Waals surface area contributed by atoms with Crippen molar-refractivity contribution in [1.82, 2.24) is 5.32 Å². The van der Waals surface area contributed by atoms with Gasteiger partial charge in [0.1, 0.15) is 12.4 Å². The van der Waals surface area contributed by atoms with E-state index < -0.39 is 0 Å². The van der Waals surface area contributed by atoms with Gasteiger partial charge in [0, 0.05) is 19.4 Å². The van der Waals surface area contributed by atoms with Gasteiger partial charge in [-0.3, -0.25) is 9.59 Å². The number of carbonyl (C=O) groups excluding carboxylic acids is 2.